The quantitative estimate of drug-likeness (QED) is 0.374. The standard InChI is InChI=1S/C25H25NO5/c1-18-5-3-7-20(11-18)15-29-23-10-9-22(14-26-31-17-25(27)28)24(13-23)30-16-21-8-4-6-19(2)12-21/h3-14H,15-17H2,1-2H3,(H,27,28). The summed E-state index contributed by atoms with van der Waals surface area (Å²) in [6.07, 6.45) is 1.43. The van der Waals surface area contributed by atoms with Crippen LogP contribution in [0, 0.1) is 13.8 Å². The van der Waals surface area contributed by atoms with Gasteiger partial charge in [0.1, 0.15) is 24.7 Å². The lowest BCUT2D eigenvalue weighted by Crippen LogP contribution is -2.04. The molecule has 31 heavy (non-hydrogen) atoms. The number of ether oxygens (including phenoxy) is 2. The van der Waals surface area contributed by atoms with Crippen molar-refractivity contribution >= 4 is 12.2 Å². The van der Waals surface area contributed by atoms with Gasteiger partial charge in [-0.15, -0.1) is 0 Å². The predicted octanol–water partition coefficient (Wildman–Crippen LogP) is 4.90. The number of aliphatic carboxylic acids is 1. The van der Waals surface area contributed by atoms with Gasteiger partial charge >= 0.3 is 5.97 Å². The highest BCUT2D eigenvalue weighted by Gasteiger charge is 2.07. The van der Waals surface area contributed by atoms with Crippen LogP contribution in [0.3, 0.4) is 0 Å². The van der Waals surface area contributed by atoms with Crippen LogP contribution in [-0.2, 0) is 22.8 Å². The molecule has 3 aromatic carbocycles. The summed E-state index contributed by atoms with van der Waals surface area (Å²) in [6.45, 7) is 4.38. The zero-order valence-corrected chi connectivity index (χ0v) is 17.6. The number of carbonyl (C=O) groups is 1. The SMILES string of the molecule is Cc1cccc(COc2ccc(C=NOCC(=O)O)c(OCc3cccc(C)c3)c2)c1. The fourth-order valence-electron chi connectivity index (χ4n) is 2.95. The van der Waals surface area contributed by atoms with E-state index in [0.717, 1.165) is 16.7 Å². The number of carboxylic acids is 1. The maximum atomic E-state index is 10.6. The van der Waals surface area contributed by atoms with E-state index in [-0.39, 0.29) is 0 Å². The Morgan fingerprint density at radius 1 is 0.903 bits per heavy atom. The zero-order chi connectivity index (χ0) is 22.1. The smallest absolute Gasteiger partial charge is 0.344 e. The number of aryl methyl sites for hydroxylation is 2. The van der Waals surface area contributed by atoms with Crippen LogP contribution in [0.2, 0.25) is 0 Å². The van der Waals surface area contributed by atoms with Crippen LogP contribution in [0.1, 0.15) is 27.8 Å². The van der Waals surface area contributed by atoms with Crippen LogP contribution in [0.25, 0.3) is 0 Å². The highest BCUT2D eigenvalue weighted by Crippen LogP contribution is 2.26. The topological polar surface area (TPSA) is 77.4 Å². The third kappa shape index (κ3) is 7.19. The van der Waals surface area contributed by atoms with Gasteiger partial charge in [-0.2, -0.15) is 0 Å². The average molecular weight is 419 g/mol. The van der Waals surface area contributed by atoms with E-state index in [0.29, 0.717) is 30.3 Å². The van der Waals surface area contributed by atoms with E-state index in [1.54, 1.807) is 12.1 Å². The summed E-state index contributed by atoms with van der Waals surface area (Å²) in [5, 5.41) is 12.4. The fraction of sp³-hybridized carbons (Fsp3) is 0.200. The molecule has 160 valence electrons. The molecule has 6 nitrogen and oxygen atoms in total. The molecule has 0 aromatic heterocycles. The molecule has 3 aromatic rings. The molecule has 0 heterocycles. The molecule has 0 saturated carbocycles. The van der Waals surface area contributed by atoms with E-state index in [1.807, 2.05) is 56.3 Å². The van der Waals surface area contributed by atoms with Crippen molar-refractivity contribution in [2.45, 2.75) is 27.1 Å². The normalized spacial score (nSPS) is 10.8. The van der Waals surface area contributed by atoms with Crippen LogP contribution >= 0.6 is 0 Å². The Balaban J connectivity index is 1.74. The fourth-order valence-corrected chi connectivity index (χ4v) is 2.95. The molecule has 0 amide bonds. The molecule has 3 rings (SSSR count). The Morgan fingerprint density at radius 3 is 2.16 bits per heavy atom. The Labute approximate surface area is 181 Å². The molecule has 0 bridgehead atoms. The number of hydrogen-bond donors (Lipinski definition) is 1. The van der Waals surface area contributed by atoms with Gasteiger partial charge in [0.15, 0.2) is 0 Å². The second kappa shape index (κ2) is 10.8. The molecule has 0 fully saturated rings. The summed E-state index contributed by atoms with van der Waals surface area (Å²) in [6, 6.07) is 21.6. The maximum Gasteiger partial charge on any atom is 0.344 e. The monoisotopic (exact) mass is 419 g/mol. The molecule has 0 radical (unpaired) electrons. The number of rotatable bonds is 10. The zero-order valence-electron chi connectivity index (χ0n) is 17.6. The average Bonchev–Trinajstić information content (AvgIpc) is 2.74. The first-order valence-electron chi connectivity index (χ1n) is 9.87. The molecule has 6 heteroatoms. The Hall–Kier alpha value is -3.80. The second-order valence-corrected chi connectivity index (χ2v) is 7.16. The van der Waals surface area contributed by atoms with Crippen molar-refractivity contribution in [2.75, 3.05) is 6.61 Å². The minimum absolute atomic E-state index is 0.375. The van der Waals surface area contributed by atoms with Gasteiger partial charge in [-0.1, -0.05) is 64.8 Å². The van der Waals surface area contributed by atoms with Gasteiger partial charge < -0.3 is 19.4 Å². The van der Waals surface area contributed by atoms with E-state index in [1.165, 1.54) is 11.8 Å². The number of nitrogens with zero attached hydrogens (tertiary/aromatic N) is 1. The maximum absolute atomic E-state index is 10.6. The molecule has 0 atom stereocenters. The molecule has 0 saturated heterocycles. The van der Waals surface area contributed by atoms with Gasteiger partial charge in [0.25, 0.3) is 0 Å². The first kappa shape index (κ1) is 21.9. The summed E-state index contributed by atoms with van der Waals surface area (Å²) in [5.74, 6) is 0.128. The summed E-state index contributed by atoms with van der Waals surface area (Å²) < 4.78 is 12.0. The van der Waals surface area contributed by atoms with Gasteiger partial charge in [-0.05, 0) is 37.1 Å². The lowest BCUT2D eigenvalue weighted by molar-refractivity contribution is -0.142. The molecule has 0 aliphatic carbocycles. The van der Waals surface area contributed by atoms with Crippen molar-refractivity contribution in [2.24, 2.45) is 5.16 Å². The van der Waals surface area contributed by atoms with Crippen LogP contribution in [0.4, 0.5) is 0 Å². The number of oxime groups is 1. The van der Waals surface area contributed by atoms with Gasteiger partial charge in [-0.25, -0.2) is 4.79 Å². The predicted molar refractivity (Wildman–Crippen MR) is 119 cm³/mol. The van der Waals surface area contributed by atoms with Crippen LogP contribution in [0.15, 0.2) is 71.9 Å². The molecule has 0 unspecified atom stereocenters. The van der Waals surface area contributed by atoms with E-state index < -0.39 is 12.6 Å². The largest absolute Gasteiger partial charge is 0.489 e. The van der Waals surface area contributed by atoms with Crippen LogP contribution < -0.4 is 9.47 Å². The number of benzene rings is 3. The summed E-state index contributed by atoms with van der Waals surface area (Å²) in [4.78, 5) is 15.3. The Bertz CT molecular complexity index is 1060. The van der Waals surface area contributed by atoms with Crippen molar-refractivity contribution in [3.63, 3.8) is 0 Å². The van der Waals surface area contributed by atoms with E-state index in [4.69, 9.17) is 19.4 Å². The van der Waals surface area contributed by atoms with Crippen molar-refractivity contribution in [3.05, 3.63) is 94.5 Å². The summed E-state index contributed by atoms with van der Waals surface area (Å²) in [5.41, 5.74) is 5.10. The molecule has 0 spiro atoms. The molecule has 0 aliphatic heterocycles. The minimum Gasteiger partial charge on any atom is -0.489 e. The number of hydrogen-bond acceptors (Lipinski definition) is 5. The molecule has 0 aliphatic rings. The number of carboxylic acid groups (broad SMARTS) is 1. The van der Waals surface area contributed by atoms with Crippen LogP contribution in [-0.4, -0.2) is 23.9 Å². The van der Waals surface area contributed by atoms with E-state index in [9.17, 15) is 4.79 Å². The first-order chi connectivity index (χ1) is 15.0. The first-order valence-corrected chi connectivity index (χ1v) is 9.87. The highest BCUT2D eigenvalue weighted by atomic mass is 16.6. The third-order valence-electron chi connectivity index (χ3n) is 4.40. The van der Waals surface area contributed by atoms with E-state index in [2.05, 4.69) is 17.3 Å². The van der Waals surface area contributed by atoms with Crippen molar-refractivity contribution in [3.8, 4) is 11.5 Å². The van der Waals surface area contributed by atoms with Crippen molar-refractivity contribution < 1.29 is 24.2 Å². The van der Waals surface area contributed by atoms with Crippen LogP contribution in [0.5, 0.6) is 11.5 Å². The highest BCUT2D eigenvalue weighted by molar-refractivity contribution is 5.83. The molecule has 1 N–H and O–H groups in total. The van der Waals surface area contributed by atoms with Gasteiger partial charge in [-0.3, -0.25) is 0 Å². The van der Waals surface area contributed by atoms with E-state index >= 15 is 0 Å². The minimum atomic E-state index is -1.09. The van der Waals surface area contributed by atoms with Crippen molar-refractivity contribution in [1.29, 1.82) is 0 Å². The molecular formula is C25H25NO5. The third-order valence-corrected chi connectivity index (χ3v) is 4.40. The summed E-state index contributed by atoms with van der Waals surface area (Å²) >= 11 is 0. The summed E-state index contributed by atoms with van der Waals surface area (Å²) in [7, 11) is 0. The lowest BCUT2D eigenvalue weighted by atomic mass is 10.1. The lowest BCUT2D eigenvalue weighted by Gasteiger charge is -2.13. The molecular weight excluding hydrogens is 394 g/mol. The van der Waals surface area contributed by atoms with Gasteiger partial charge in [0.2, 0.25) is 6.61 Å². The van der Waals surface area contributed by atoms with Crippen molar-refractivity contribution in [1.82, 2.24) is 0 Å². The Kier molecular flexibility index (Phi) is 7.65. The second-order valence-electron chi connectivity index (χ2n) is 7.16. The van der Waals surface area contributed by atoms with Gasteiger partial charge in [0, 0.05) is 11.6 Å². The Morgan fingerprint density at radius 2 is 1.55 bits per heavy atom. The van der Waals surface area contributed by atoms with Gasteiger partial charge in [0.05, 0.1) is 6.21 Å².